The number of rotatable bonds is 6. The Hall–Kier alpha value is -1.85. The van der Waals surface area contributed by atoms with Gasteiger partial charge in [0, 0.05) is 24.6 Å². The van der Waals surface area contributed by atoms with Gasteiger partial charge in [0.25, 0.3) is 0 Å². The van der Waals surface area contributed by atoms with Gasteiger partial charge in [-0.25, -0.2) is 9.97 Å². The number of nitrogens with one attached hydrogen (secondary N) is 3. The zero-order valence-electron chi connectivity index (χ0n) is 13.2. The Morgan fingerprint density at radius 3 is 2.25 bits per heavy atom. The van der Waals surface area contributed by atoms with Crippen molar-refractivity contribution >= 4 is 17.5 Å². The van der Waals surface area contributed by atoms with E-state index in [-0.39, 0.29) is 24.4 Å². The number of aromatic nitrogens is 2. The molecule has 1 aromatic heterocycles. The van der Waals surface area contributed by atoms with E-state index in [1.165, 1.54) is 0 Å². The minimum Gasteiger partial charge on any atom is -0.373 e. The lowest BCUT2D eigenvalue weighted by atomic mass is 10.2. The SMILES string of the molecule is CNc1nc(C(C)C)nc(NCC(=O)NC(C)C)c1C. The molecular formula is C14H25N5O. The van der Waals surface area contributed by atoms with Crippen molar-refractivity contribution in [3.05, 3.63) is 11.4 Å². The number of amides is 1. The van der Waals surface area contributed by atoms with Crippen LogP contribution in [0.25, 0.3) is 0 Å². The van der Waals surface area contributed by atoms with Crippen LogP contribution in [0.2, 0.25) is 0 Å². The van der Waals surface area contributed by atoms with Crippen molar-refractivity contribution in [3.8, 4) is 0 Å². The number of carbonyl (C=O) groups is 1. The van der Waals surface area contributed by atoms with E-state index in [9.17, 15) is 4.79 Å². The maximum atomic E-state index is 11.7. The van der Waals surface area contributed by atoms with Gasteiger partial charge in [0.05, 0.1) is 6.54 Å². The predicted octanol–water partition coefficient (Wildman–Crippen LogP) is 1.89. The molecule has 0 saturated heterocycles. The summed E-state index contributed by atoms with van der Waals surface area (Å²) in [7, 11) is 1.83. The Balaban J connectivity index is 2.88. The second-order valence-electron chi connectivity index (χ2n) is 5.38. The maximum Gasteiger partial charge on any atom is 0.239 e. The molecule has 0 atom stereocenters. The maximum absolute atomic E-state index is 11.7. The van der Waals surface area contributed by atoms with Gasteiger partial charge >= 0.3 is 0 Å². The van der Waals surface area contributed by atoms with Gasteiger partial charge < -0.3 is 16.0 Å². The number of hydrogen-bond acceptors (Lipinski definition) is 5. The molecule has 0 unspecified atom stereocenters. The Kier molecular flexibility index (Phi) is 5.73. The largest absolute Gasteiger partial charge is 0.373 e. The number of anilines is 2. The second kappa shape index (κ2) is 7.07. The van der Waals surface area contributed by atoms with Gasteiger partial charge in [0.2, 0.25) is 5.91 Å². The van der Waals surface area contributed by atoms with Crippen molar-refractivity contribution in [3.63, 3.8) is 0 Å². The van der Waals surface area contributed by atoms with Gasteiger partial charge in [-0.1, -0.05) is 13.8 Å². The van der Waals surface area contributed by atoms with E-state index in [4.69, 9.17) is 0 Å². The first-order chi connectivity index (χ1) is 9.35. The summed E-state index contributed by atoms with van der Waals surface area (Å²) in [5.74, 6) is 2.43. The fraction of sp³-hybridized carbons (Fsp3) is 0.643. The summed E-state index contributed by atoms with van der Waals surface area (Å²) in [4.78, 5) is 20.6. The van der Waals surface area contributed by atoms with E-state index in [2.05, 4.69) is 25.9 Å². The molecule has 0 bridgehead atoms. The van der Waals surface area contributed by atoms with E-state index in [1.807, 2.05) is 41.7 Å². The molecule has 1 amide bonds. The van der Waals surface area contributed by atoms with Crippen LogP contribution in [0, 0.1) is 6.92 Å². The molecule has 0 aliphatic heterocycles. The molecule has 0 saturated carbocycles. The van der Waals surface area contributed by atoms with Crippen LogP contribution in [0.1, 0.15) is 45.0 Å². The molecule has 0 fully saturated rings. The van der Waals surface area contributed by atoms with Crippen molar-refractivity contribution in [1.29, 1.82) is 0 Å². The van der Waals surface area contributed by atoms with E-state index in [1.54, 1.807) is 0 Å². The summed E-state index contributed by atoms with van der Waals surface area (Å²) in [6.07, 6.45) is 0. The van der Waals surface area contributed by atoms with Crippen molar-refractivity contribution in [2.45, 2.75) is 46.6 Å². The molecule has 0 aliphatic carbocycles. The molecule has 0 aliphatic rings. The molecule has 3 N–H and O–H groups in total. The molecule has 1 rings (SSSR count). The van der Waals surface area contributed by atoms with Gasteiger partial charge in [-0.2, -0.15) is 0 Å². The third kappa shape index (κ3) is 4.36. The average molecular weight is 279 g/mol. The quantitative estimate of drug-likeness (QED) is 0.741. The van der Waals surface area contributed by atoms with Gasteiger partial charge in [-0.15, -0.1) is 0 Å². The van der Waals surface area contributed by atoms with Crippen molar-refractivity contribution in [2.24, 2.45) is 0 Å². The lowest BCUT2D eigenvalue weighted by molar-refractivity contribution is -0.119. The third-order valence-corrected chi connectivity index (χ3v) is 2.78. The zero-order chi connectivity index (χ0) is 15.3. The smallest absolute Gasteiger partial charge is 0.239 e. The van der Waals surface area contributed by atoms with Gasteiger partial charge in [-0.05, 0) is 20.8 Å². The van der Waals surface area contributed by atoms with Crippen molar-refractivity contribution in [1.82, 2.24) is 15.3 Å². The molecule has 1 heterocycles. The second-order valence-corrected chi connectivity index (χ2v) is 5.38. The monoisotopic (exact) mass is 279 g/mol. The molecule has 1 aromatic rings. The van der Waals surface area contributed by atoms with Crippen LogP contribution < -0.4 is 16.0 Å². The first kappa shape index (κ1) is 16.2. The first-order valence-corrected chi connectivity index (χ1v) is 6.94. The third-order valence-electron chi connectivity index (χ3n) is 2.78. The van der Waals surface area contributed by atoms with E-state index >= 15 is 0 Å². The highest BCUT2D eigenvalue weighted by Crippen LogP contribution is 2.22. The van der Waals surface area contributed by atoms with Crippen LogP contribution in [-0.2, 0) is 4.79 Å². The topological polar surface area (TPSA) is 78.9 Å². The van der Waals surface area contributed by atoms with E-state index in [0.717, 1.165) is 17.2 Å². The molecule has 0 spiro atoms. The fourth-order valence-electron chi connectivity index (χ4n) is 1.74. The van der Waals surface area contributed by atoms with E-state index in [0.29, 0.717) is 5.82 Å². The fourth-order valence-corrected chi connectivity index (χ4v) is 1.74. The van der Waals surface area contributed by atoms with Crippen molar-refractivity contribution < 1.29 is 4.79 Å². The normalized spacial score (nSPS) is 10.8. The minimum atomic E-state index is -0.0462. The molecule has 0 radical (unpaired) electrons. The lowest BCUT2D eigenvalue weighted by Crippen LogP contribution is -2.35. The predicted molar refractivity (Wildman–Crippen MR) is 82.2 cm³/mol. The molecular weight excluding hydrogens is 254 g/mol. The summed E-state index contributed by atoms with van der Waals surface area (Å²) in [6.45, 7) is 10.1. The highest BCUT2D eigenvalue weighted by Gasteiger charge is 2.13. The summed E-state index contributed by atoms with van der Waals surface area (Å²) in [5, 5.41) is 8.98. The highest BCUT2D eigenvalue weighted by molar-refractivity contribution is 5.81. The molecule has 6 nitrogen and oxygen atoms in total. The lowest BCUT2D eigenvalue weighted by Gasteiger charge is -2.15. The summed E-state index contributed by atoms with van der Waals surface area (Å²) in [6, 6.07) is 0.134. The number of hydrogen-bond donors (Lipinski definition) is 3. The molecule has 20 heavy (non-hydrogen) atoms. The van der Waals surface area contributed by atoms with Crippen LogP contribution >= 0.6 is 0 Å². The molecule has 112 valence electrons. The number of nitrogens with zero attached hydrogens (tertiary/aromatic N) is 2. The average Bonchev–Trinajstić information content (AvgIpc) is 2.36. The Bertz CT molecular complexity index is 471. The van der Waals surface area contributed by atoms with Crippen LogP contribution in [0.15, 0.2) is 0 Å². The standard InChI is InChI=1S/C14H25N5O/c1-8(2)12-18-13(15-6)10(5)14(19-12)16-7-11(20)17-9(3)4/h8-9H,7H2,1-6H3,(H,17,20)(H2,15,16,18,19). The summed E-state index contributed by atoms with van der Waals surface area (Å²) < 4.78 is 0. The van der Waals surface area contributed by atoms with Gasteiger partial charge in [0.1, 0.15) is 17.5 Å². The van der Waals surface area contributed by atoms with Crippen LogP contribution in [0.5, 0.6) is 0 Å². The minimum absolute atomic E-state index is 0.0462. The Labute approximate surface area is 120 Å². The Morgan fingerprint density at radius 2 is 1.75 bits per heavy atom. The molecule has 6 heteroatoms. The number of carbonyl (C=O) groups excluding carboxylic acids is 1. The summed E-state index contributed by atoms with van der Waals surface area (Å²) >= 11 is 0. The van der Waals surface area contributed by atoms with Crippen LogP contribution in [0.4, 0.5) is 11.6 Å². The summed E-state index contributed by atoms with van der Waals surface area (Å²) in [5.41, 5.74) is 0.911. The van der Waals surface area contributed by atoms with E-state index < -0.39 is 0 Å². The van der Waals surface area contributed by atoms with Crippen LogP contribution in [0.3, 0.4) is 0 Å². The molecule has 0 aromatic carbocycles. The van der Waals surface area contributed by atoms with Gasteiger partial charge in [-0.3, -0.25) is 4.79 Å². The Morgan fingerprint density at radius 1 is 1.15 bits per heavy atom. The highest BCUT2D eigenvalue weighted by atomic mass is 16.1. The van der Waals surface area contributed by atoms with Crippen LogP contribution in [-0.4, -0.2) is 35.5 Å². The van der Waals surface area contributed by atoms with Crippen molar-refractivity contribution in [2.75, 3.05) is 24.2 Å². The van der Waals surface area contributed by atoms with Gasteiger partial charge in [0.15, 0.2) is 0 Å². The first-order valence-electron chi connectivity index (χ1n) is 6.94. The zero-order valence-corrected chi connectivity index (χ0v) is 13.2.